The van der Waals surface area contributed by atoms with Crippen molar-refractivity contribution >= 4 is 15.0 Å². The molecular formula is C48H102O5P2. The van der Waals surface area contributed by atoms with E-state index in [2.05, 4.69) is 62.3 Å². The molecule has 55 heavy (non-hydrogen) atoms. The highest BCUT2D eigenvalue weighted by atomic mass is 31.2. The highest BCUT2D eigenvalue weighted by Gasteiger charge is 2.30. The molecule has 0 N–H and O–H groups in total. The minimum absolute atomic E-state index is 0.416. The number of rotatable bonds is 42. The van der Waals surface area contributed by atoms with Gasteiger partial charge in [-0.1, -0.05) is 216 Å². The standard InChI is InChI=1S/C24H51O4P.C24H51OP/c1-7-13-16-22(10-4)19-26-29(25,27-20-23(11-5)17-14-8-2)28-21-24(12-6)18-15-9-3;1-4-7-10-13-16-19-22-26(25,23-20-17-14-11-8-5-2)24-21-18-15-12-9-6-3/h22-24H,7-21H2,1-6H3;4-24H2,1-3H3. The maximum Gasteiger partial charge on any atom is 0.474 e. The van der Waals surface area contributed by atoms with E-state index in [4.69, 9.17) is 13.6 Å². The monoisotopic (exact) mass is 821 g/mol. The molecule has 0 aromatic rings. The lowest BCUT2D eigenvalue weighted by Gasteiger charge is -2.25. The SMILES string of the molecule is CCCCC(CC)COP(=O)(OCC(CC)CCCC)OCC(CC)CCCC.CCCCCCCCP(=O)(CCCCCCCC)CCCCCCCC. The molecule has 5 nitrogen and oxygen atoms in total. The Balaban J connectivity index is 0. The summed E-state index contributed by atoms with van der Waals surface area (Å²) in [4.78, 5) is 0. The molecule has 0 saturated carbocycles. The zero-order valence-corrected chi connectivity index (χ0v) is 40.9. The van der Waals surface area contributed by atoms with Crippen LogP contribution in [0.25, 0.3) is 0 Å². The molecule has 0 aliphatic heterocycles. The summed E-state index contributed by atoms with van der Waals surface area (Å²) in [6.45, 7) is 21.3. The van der Waals surface area contributed by atoms with Gasteiger partial charge in [0.25, 0.3) is 0 Å². The largest absolute Gasteiger partial charge is 0.474 e. The van der Waals surface area contributed by atoms with Crippen LogP contribution in [0.2, 0.25) is 0 Å². The minimum Gasteiger partial charge on any atom is -0.324 e. The van der Waals surface area contributed by atoms with Crippen LogP contribution in [0.15, 0.2) is 0 Å². The van der Waals surface area contributed by atoms with Crippen molar-refractivity contribution in [2.75, 3.05) is 38.3 Å². The molecule has 0 amide bonds. The molecule has 0 aromatic carbocycles. The second-order valence-electron chi connectivity index (χ2n) is 17.1. The van der Waals surface area contributed by atoms with Gasteiger partial charge in [0, 0.05) is 18.5 Å². The van der Waals surface area contributed by atoms with Crippen LogP contribution in [-0.2, 0) is 22.7 Å². The Morgan fingerprint density at radius 2 is 0.564 bits per heavy atom. The highest BCUT2D eigenvalue weighted by molar-refractivity contribution is 7.63. The van der Waals surface area contributed by atoms with Crippen molar-refractivity contribution in [3.8, 4) is 0 Å². The fourth-order valence-electron chi connectivity index (χ4n) is 7.27. The average molecular weight is 821 g/mol. The second-order valence-corrected chi connectivity index (χ2v) is 22.2. The van der Waals surface area contributed by atoms with Gasteiger partial charge in [-0.25, -0.2) is 4.57 Å². The summed E-state index contributed by atoms with van der Waals surface area (Å²) < 4.78 is 44.6. The van der Waals surface area contributed by atoms with Crippen LogP contribution >= 0.6 is 15.0 Å². The number of phosphoric acid groups is 1. The van der Waals surface area contributed by atoms with Crippen LogP contribution in [0.1, 0.15) is 255 Å². The third-order valence-corrected chi connectivity index (χ3v) is 16.6. The molecule has 0 aliphatic rings. The van der Waals surface area contributed by atoms with Gasteiger partial charge < -0.3 is 4.57 Å². The third kappa shape index (κ3) is 37.1. The molecule has 334 valence electrons. The third-order valence-electron chi connectivity index (χ3n) is 11.8. The summed E-state index contributed by atoms with van der Waals surface area (Å²) in [6.07, 6.45) is 40.4. The number of hydrogen-bond donors (Lipinski definition) is 0. The summed E-state index contributed by atoms with van der Waals surface area (Å²) in [7, 11) is -5.40. The fourth-order valence-corrected chi connectivity index (χ4v) is 11.7. The van der Waals surface area contributed by atoms with Gasteiger partial charge in [-0.3, -0.25) is 13.6 Å². The van der Waals surface area contributed by atoms with Crippen molar-refractivity contribution in [2.24, 2.45) is 17.8 Å². The highest BCUT2D eigenvalue weighted by Crippen LogP contribution is 2.51. The molecule has 0 saturated heterocycles. The molecular weight excluding hydrogens is 718 g/mol. The van der Waals surface area contributed by atoms with Crippen LogP contribution in [0.3, 0.4) is 0 Å². The van der Waals surface area contributed by atoms with Gasteiger partial charge in [0.15, 0.2) is 0 Å². The van der Waals surface area contributed by atoms with E-state index in [0.717, 1.165) is 57.0 Å². The first-order valence-electron chi connectivity index (χ1n) is 24.8. The van der Waals surface area contributed by atoms with Gasteiger partial charge >= 0.3 is 7.82 Å². The van der Waals surface area contributed by atoms with E-state index < -0.39 is 15.0 Å². The molecule has 0 rings (SSSR count). The number of hydrogen-bond acceptors (Lipinski definition) is 5. The Morgan fingerprint density at radius 1 is 0.327 bits per heavy atom. The first-order chi connectivity index (χ1) is 26.7. The second kappa shape index (κ2) is 42.5. The van der Waals surface area contributed by atoms with E-state index in [0.29, 0.717) is 37.6 Å². The van der Waals surface area contributed by atoms with Gasteiger partial charge in [-0.2, -0.15) is 0 Å². The van der Waals surface area contributed by atoms with Crippen LogP contribution in [-0.4, -0.2) is 38.3 Å². The Bertz CT molecular complexity index is 748. The Labute approximate surface area is 347 Å². The topological polar surface area (TPSA) is 61.8 Å². The molecule has 0 heterocycles. The molecule has 0 bridgehead atoms. The van der Waals surface area contributed by atoms with Crippen molar-refractivity contribution in [3.05, 3.63) is 0 Å². The lowest BCUT2D eigenvalue weighted by Crippen LogP contribution is -2.16. The van der Waals surface area contributed by atoms with Crippen molar-refractivity contribution in [2.45, 2.75) is 255 Å². The Kier molecular flexibility index (Phi) is 44.3. The minimum atomic E-state index is -3.52. The lowest BCUT2D eigenvalue weighted by molar-refractivity contribution is 0.0732. The van der Waals surface area contributed by atoms with Crippen LogP contribution < -0.4 is 0 Å². The first kappa shape index (κ1) is 57.4. The van der Waals surface area contributed by atoms with Crippen molar-refractivity contribution < 1.29 is 22.7 Å². The number of phosphoric ester groups is 1. The summed E-state index contributed by atoms with van der Waals surface area (Å²) in [6, 6.07) is 0. The molecule has 3 unspecified atom stereocenters. The summed E-state index contributed by atoms with van der Waals surface area (Å²) in [5.74, 6) is 1.25. The maximum absolute atomic E-state index is 13.5. The predicted molar refractivity (Wildman–Crippen MR) is 248 cm³/mol. The van der Waals surface area contributed by atoms with E-state index in [1.165, 1.54) is 154 Å². The van der Waals surface area contributed by atoms with Crippen LogP contribution in [0.4, 0.5) is 0 Å². The van der Waals surface area contributed by atoms with E-state index in [-0.39, 0.29) is 0 Å². The van der Waals surface area contributed by atoms with E-state index in [1.54, 1.807) is 0 Å². The van der Waals surface area contributed by atoms with Gasteiger partial charge in [0.1, 0.15) is 0 Å². The molecule has 0 radical (unpaired) electrons. The van der Waals surface area contributed by atoms with E-state index in [1.807, 2.05) is 0 Å². The van der Waals surface area contributed by atoms with Crippen LogP contribution in [0, 0.1) is 17.8 Å². The van der Waals surface area contributed by atoms with Crippen LogP contribution in [0.5, 0.6) is 0 Å². The van der Waals surface area contributed by atoms with Gasteiger partial charge in [-0.05, 0) is 56.3 Å². The molecule has 7 heteroatoms. The molecule has 0 fully saturated rings. The van der Waals surface area contributed by atoms with Crippen molar-refractivity contribution in [1.82, 2.24) is 0 Å². The smallest absolute Gasteiger partial charge is 0.324 e. The van der Waals surface area contributed by atoms with Gasteiger partial charge in [0.2, 0.25) is 0 Å². The number of unbranched alkanes of at least 4 members (excludes halogenated alkanes) is 18. The Morgan fingerprint density at radius 3 is 0.800 bits per heavy atom. The maximum atomic E-state index is 13.5. The summed E-state index contributed by atoms with van der Waals surface area (Å²) in [5.41, 5.74) is 0. The van der Waals surface area contributed by atoms with Gasteiger partial charge in [0.05, 0.1) is 27.0 Å². The zero-order chi connectivity index (χ0) is 41.3. The molecule has 3 atom stereocenters. The lowest BCUT2D eigenvalue weighted by atomic mass is 10.0. The van der Waals surface area contributed by atoms with Gasteiger partial charge in [-0.15, -0.1) is 0 Å². The molecule has 0 aromatic heterocycles. The van der Waals surface area contributed by atoms with E-state index in [9.17, 15) is 9.13 Å². The molecule has 0 aliphatic carbocycles. The van der Waals surface area contributed by atoms with Crippen molar-refractivity contribution in [3.63, 3.8) is 0 Å². The first-order valence-corrected chi connectivity index (χ1v) is 28.5. The molecule has 0 spiro atoms. The van der Waals surface area contributed by atoms with E-state index >= 15 is 0 Å². The predicted octanol–water partition coefficient (Wildman–Crippen LogP) is 18.2. The summed E-state index contributed by atoms with van der Waals surface area (Å²) >= 11 is 0. The zero-order valence-electron chi connectivity index (χ0n) is 39.1. The Hall–Kier alpha value is 0.340. The normalized spacial score (nSPS) is 14.6. The quantitative estimate of drug-likeness (QED) is 0.0453. The van der Waals surface area contributed by atoms with Crippen molar-refractivity contribution in [1.29, 1.82) is 0 Å². The average Bonchev–Trinajstić information content (AvgIpc) is 3.19. The summed E-state index contributed by atoms with van der Waals surface area (Å²) in [5, 5.41) is 0. The fraction of sp³-hybridized carbons (Fsp3) is 1.00.